The molecular formula is C15H23N3OS. The molecule has 1 aromatic rings. The molecule has 0 aromatic carbocycles. The van der Waals surface area contributed by atoms with E-state index in [1.165, 1.54) is 32.1 Å². The third kappa shape index (κ3) is 3.45. The van der Waals surface area contributed by atoms with Gasteiger partial charge in [0.05, 0.1) is 5.56 Å². The van der Waals surface area contributed by atoms with E-state index in [1.54, 1.807) is 12.4 Å². The third-order valence-corrected chi connectivity index (χ3v) is 5.52. The Hall–Kier alpha value is -1.23. The zero-order chi connectivity index (χ0) is 14.4. The second kappa shape index (κ2) is 6.97. The summed E-state index contributed by atoms with van der Waals surface area (Å²) in [6, 6.07) is 1.82. The highest BCUT2D eigenvalue weighted by Crippen LogP contribution is 2.38. The summed E-state index contributed by atoms with van der Waals surface area (Å²) in [5.74, 6) is -0.0403. The molecule has 5 heteroatoms. The Balaban J connectivity index is 2.00. The van der Waals surface area contributed by atoms with Gasteiger partial charge in [-0.15, -0.1) is 0 Å². The largest absolute Gasteiger partial charge is 0.387 e. The number of thioether (sulfide) groups is 1. The van der Waals surface area contributed by atoms with Gasteiger partial charge in [-0.2, -0.15) is 11.8 Å². The molecule has 1 aliphatic rings. The number of amides is 1. The molecule has 110 valence electrons. The fourth-order valence-corrected chi connectivity index (χ4v) is 3.69. The van der Waals surface area contributed by atoms with Crippen LogP contribution >= 0.6 is 11.8 Å². The predicted octanol–water partition coefficient (Wildman–Crippen LogP) is 2.92. The Labute approximate surface area is 125 Å². The van der Waals surface area contributed by atoms with Crippen LogP contribution in [0.15, 0.2) is 18.5 Å². The Morgan fingerprint density at radius 1 is 1.40 bits per heavy atom. The first kappa shape index (κ1) is 15.2. The first-order valence-corrected chi connectivity index (χ1v) is 8.38. The number of hydrogen-bond donors (Lipinski definition) is 2. The molecule has 0 radical (unpaired) electrons. The summed E-state index contributed by atoms with van der Waals surface area (Å²) >= 11 is 1.89. The Kier molecular flexibility index (Phi) is 5.29. The van der Waals surface area contributed by atoms with Gasteiger partial charge in [0.2, 0.25) is 0 Å². The second-order valence-electron chi connectivity index (χ2n) is 5.30. The first-order valence-electron chi connectivity index (χ1n) is 7.16. The number of anilines is 1. The van der Waals surface area contributed by atoms with Gasteiger partial charge in [-0.1, -0.05) is 19.3 Å². The minimum atomic E-state index is -0.0403. The minimum absolute atomic E-state index is 0.0403. The van der Waals surface area contributed by atoms with Crippen LogP contribution in [0.1, 0.15) is 42.5 Å². The summed E-state index contributed by atoms with van der Waals surface area (Å²) in [4.78, 5) is 16.4. The third-order valence-electron chi connectivity index (χ3n) is 4.10. The Morgan fingerprint density at radius 2 is 2.15 bits per heavy atom. The van der Waals surface area contributed by atoms with E-state index >= 15 is 0 Å². The summed E-state index contributed by atoms with van der Waals surface area (Å²) in [6.07, 6.45) is 11.7. The van der Waals surface area contributed by atoms with Crippen LogP contribution < -0.4 is 10.6 Å². The van der Waals surface area contributed by atoms with E-state index < -0.39 is 0 Å². The zero-order valence-electron chi connectivity index (χ0n) is 12.2. The molecule has 0 unspecified atom stereocenters. The fourth-order valence-electron chi connectivity index (χ4n) is 2.78. The topological polar surface area (TPSA) is 54.0 Å². The Morgan fingerprint density at radius 3 is 2.80 bits per heavy atom. The van der Waals surface area contributed by atoms with Crippen molar-refractivity contribution in [3.05, 3.63) is 24.0 Å². The van der Waals surface area contributed by atoms with Crippen molar-refractivity contribution >= 4 is 23.4 Å². The van der Waals surface area contributed by atoms with Gasteiger partial charge in [0, 0.05) is 36.4 Å². The number of nitrogens with one attached hydrogen (secondary N) is 2. The predicted molar refractivity (Wildman–Crippen MR) is 85.4 cm³/mol. The van der Waals surface area contributed by atoms with Gasteiger partial charge < -0.3 is 10.6 Å². The molecule has 20 heavy (non-hydrogen) atoms. The van der Waals surface area contributed by atoms with Crippen molar-refractivity contribution in [2.45, 2.75) is 36.9 Å². The van der Waals surface area contributed by atoms with E-state index in [0.717, 1.165) is 12.2 Å². The van der Waals surface area contributed by atoms with Crippen LogP contribution in [0.5, 0.6) is 0 Å². The van der Waals surface area contributed by atoms with Crippen molar-refractivity contribution in [1.82, 2.24) is 10.3 Å². The average molecular weight is 293 g/mol. The van der Waals surface area contributed by atoms with Gasteiger partial charge in [-0.05, 0) is 25.2 Å². The summed E-state index contributed by atoms with van der Waals surface area (Å²) in [7, 11) is 1.82. The number of pyridine rings is 1. The molecule has 4 nitrogen and oxygen atoms in total. The van der Waals surface area contributed by atoms with Crippen molar-refractivity contribution in [3.8, 4) is 0 Å². The van der Waals surface area contributed by atoms with Crippen LogP contribution in [0.4, 0.5) is 5.69 Å². The number of rotatable bonds is 5. The van der Waals surface area contributed by atoms with E-state index in [0.29, 0.717) is 5.56 Å². The van der Waals surface area contributed by atoms with Crippen LogP contribution in [0.3, 0.4) is 0 Å². The molecule has 1 fully saturated rings. The van der Waals surface area contributed by atoms with Gasteiger partial charge >= 0.3 is 0 Å². The van der Waals surface area contributed by atoms with Gasteiger partial charge in [-0.3, -0.25) is 9.78 Å². The van der Waals surface area contributed by atoms with E-state index in [9.17, 15) is 4.79 Å². The smallest absolute Gasteiger partial charge is 0.255 e. The summed E-state index contributed by atoms with van der Waals surface area (Å²) in [6.45, 7) is 0.741. The molecular weight excluding hydrogens is 270 g/mol. The maximum Gasteiger partial charge on any atom is 0.255 e. The maximum atomic E-state index is 12.3. The molecule has 1 saturated carbocycles. The van der Waals surface area contributed by atoms with Gasteiger partial charge in [0.25, 0.3) is 5.91 Å². The number of nitrogens with zero attached hydrogens (tertiary/aromatic N) is 1. The molecule has 0 aliphatic heterocycles. The second-order valence-corrected chi connectivity index (χ2v) is 6.58. The lowest BCUT2D eigenvalue weighted by molar-refractivity contribution is 0.0947. The lowest BCUT2D eigenvalue weighted by atomic mass is 9.88. The lowest BCUT2D eigenvalue weighted by Gasteiger charge is -2.35. The lowest BCUT2D eigenvalue weighted by Crippen LogP contribution is -2.41. The first-order chi connectivity index (χ1) is 9.71. The number of carbonyl (C=O) groups excluding carboxylic acids is 1. The number of hydrogen-bond acceptors (Lipinski definition) is 4. The van der Waals surface area contributed by atoms with Crippen molar-refractivity contribution in [1.29, 1.82) is 0 Å². The highest BCUT2D eigenvalue weighted by molar-refractivity contribution is 8.00. The highest BCUT2D eigenvalue weighted by atomic mass is 32.2. The molecule has 0 atom stereocenters. The summed E-state index contributed by atoms with van der Waals surface area (Å²) < 4.78 is 0.218. The SMILES string of the molecule is CNc1ccncc1C(=O)NCC1(SC)CCCCC1. The molecule has 1 heterocycles. The van der Waals surface area contributed by atoms with Crippen LogP contribution in [-0.2, 0) is 0 Å². The van der Waals surface area contributed by atoms with E-state index in [1.807, 2.05) is 24.9 Å². The van der Waals surface area contributed by atoms with E-state index in [-0.39, 0.29) is 10.7 Å². The molecule has 1 amide bonds. The van der Waals surface area contributed by atoms with Crippen LogP contribution in [0.2, 0.25) is 0 Å². The molecule has 0 bridgehead atoms. The van der Waals surface area contributed by atoms with Gasteiger partial charge in [-0.25, -0.2) is 0 Å². The van der Waals surface area contributed by atoms with Crippen molar-refractivity contribution in [2.24, 2.45) is 0 Å². The standard InChI is InChI=1S/C15H23N3OS/c1-16-13-6-9-17-10-12(13)14(19)18-11-15(20-2)7-4-3-5-8-15/h6,9-10H,3-5,7-8,11H2,1-2H3,(H,16,17)(H,18,19). The van der Waals surface area contributed by atoms with Crippen molar-refractivity contribution in [3.63, 3.8) is 0 Å². The van der Waals surface area contributed by atoms with Crippen molar-refractivity contribution < 1.29 is 4.79 Å². The molecule has 1 aliphatic carbocycles. The Bertz CT molecular complexity index is 458. The van der Waals surface area contributed by atoms with Gasteiger partial charge in [0.1, 0.15) is 0 Å². The fraction of sp³-hybridized carbons (Fsp3) is 0.600. The van der Waals surface area contributed by atoms with Crippen LogP contribution in [-0.4, -0.2) is 35.5 Å². The van der Waals surface area contributed by atoms with E-state index in [2.05, 4.69) is 21.9 Å². The van der Waals surface area contributed by atoms with Crippen LogP contribution in [0, 0.1) is 0 Å². The summed E-state index contributed by atoms with van der Waals surface area (Å²) in [5.41, 5.74) is 1.43. The zero-order valence-corrected chi connectivity index (χ0v) is 13.1. The minimum Gasteiger partial charge on any atom is -0.387 e. The van der Waals surface area contributed by atoms with E-state index in [4.69, 9.17) is 0 Å². The number of carbonyl (C=O) groups is 1. The molecule has 1 aromatic heterocycles. The average Bonchev–Trinajstić information content (AvgIpc) is 2.53. The van der Waals surface area contributed by atoms with Crippen LogP contribution in [0.25, 0.3) is 0 Å². The molecule has 2 rings (SSSR count). The number of aromatic nitrogens is 1. The molecule has 0 spiro atoms. The molecule has 0 saturated heterocycles. The summed E-state index contributed by atoms with van der Waals surface area (Å²) in [5, 5.41) is 6.13. The maximum absolute atomic E-state index is 12.3. The highest BCUT2D eigenvalue weighted by Gasteiger charge is 2.31. The normalized spacial score (nSPS) is 17.5. The quantitative estimate of drug-likeness (QED) is 0.876. The van der Waals surface area contributed by atoms with Gasteiger partial charge in [0.15, 0.2) is 0 Å². The molecule has 2 N–H and O–H groups in total. The van der Waals surface area contributed by atoms with Crippen molar-refractivity contribution in [2.75, 3.05) is 25.2 Å². The monoisotopic (exact) mass is 293 g/mol.